The second-order valence-corrected chi connectivity index (χ2v) is 3.83. The van der Waals surface area contributed by atoms with Crippen LogP contribution in [-0.4, -0.2) is 18.5 Å². The number of aromatic hydroxyl groups is 1. The van der Waals surface area contributed by atoms with Crippen molar-refractivity contribution in [3.63, 3.8) is 0 Å². The smallest absolute Gasteiger partial charge is 0.165 e. The van der Waals surface area contributed by atoms with Crippen LogP contribution in [0.5, 0.6) is 11.5 Å². The average Bonchev–Trinajstić information content (AvgIpc) is 2.39. The van der Waals surface area contributed by atoms with E-state index in [0.29, 0.717) is 16.7 Å². The Morgan fingerprint density at radius 1 is 1.41 bits per heavy atom. The van der Waals surface area contributed by atoms with Gasteiger partial charge in [-0.05, 0) is 23.4 Å². The molecule has 2 aromatic rings. The summed E-state index contributed by atoms with van der Waals surface area (Å²) in [6, 6.07) is 7.19. The summed E-state index contributed by atoms with van der Waals surface area (Å²) in [5.74, 6) is 0.413. The number of aldehydes is 1. The Morgan fingerprint density at radius 2 is 2.18 bits per heavy atom. The molecule has 0 saturated heterocycles. The number of phenolic OH excluding ortho intramolecular Hbond substituents is 1. The highest BCUT2D eigenvalue weighted by molar-refractivity contribution is 6.04. The van der Waals surface area contributed by atoms with Crippen LogP contribution >= 0.6 is 0 Å². The summed E-state index contributed by atoms with van der Waals surface area (Å²) in [5.41, 5.74) is 1.59. The molecular weight excluding hydrogens is 216 g/mol. The Bertz CT molecular complexity index is 573. The molecule has 0 aromatic heterocycles. The molecule has 0 aliphatic carbocycles. The van der Waals surface area contributed by atoms with Gasteiger partial charge >= 0.3 is 0 Å². The van der Waals surface area contributed by atoms with E-state index in [1.54, 1.807) is 12.1 Å². The van der Waals surface area contributed by atoms with Crippen LogP contribution in [-0.2, 0) is 6.42 Å². The van der Waals surface area contributed by atoms with E-state index in [1.807, 2.05) is 19.1 Å². The number of rotatable bonds is 3. The first-order valence-corrected chi connectivity index (χ1v) is 5.49. The maximum atomic E-state index is 11.1. The highest BCUT2D eigenvalue weighted by atomic mass is 16.5. The minimum atomic E-state index is 0.0865. The number of aryl methyl sites for hydroxylation is 1. The van der Waals surface area contributed by atoms with Gasteiger partial charge in [0.15, 0.2) is 17.8 Å². The predicted molar refractivity (Wildman–Crippen MR) is 66.9 cm³/mol. The highest BCUT2D eigenvalue weighted by Crippen LogP contribution is 2.37. The van der Waals surface area contributed by atoms with Crippen LogP contribution in [0.25, 0.3) is 10.8 Å². The molecule has 0 bridgehead atoms. The molecule has 0 saturated carbocycles. The van der Waals surface area contributed by atoms with Gasteiger partial charge in [-0.2, -0.15) is 0 Å². The first-order chi connectivity index (χ1) is 8.22. The van der Waals surface area contributed by atoms with Gasteiger partial charge in [-0.1, -0.05) is 25.1 Å². The number of hydrogen-bond donors (Lipinski definition) is 1. The molecule has 17 heavy (non-hydrogen) atoms. The molecule has 0 unspecified atom stereocenters. The van der Waals surface area contributed by atoms with Gasteiger partial charge in [-0.3, -0.25) is 4.79 Å². The molecule has 0 heterocycles. The molecule has 3 nitrogen and oxygen atoms in total. The van der Waals surface area contributed by atoms with E-state index in [-0.39, 0.29) is 5.75 Å². The summed E-state index contributed by atoms with van der Waals surface area (Å²) >= 11 is 0. The monoisotopic (exact) mass is 230 g/mol. The van der Waals surface area contributed by atoms with Gasteiger partial charge < -0.3 is 9.84 Å². The minimum absolute atomic E-state index is 0.0865. The average molecular weight is 230 g/mol. The van der Waals surface area contributed by atoms with Gasteiger partial charge in [-0.25, -0.2) is 0 Å². The molecule has 2 aromatic carbocycles. The third-order valence-electron chi connectivity index (χ3n) is 2.94. The molecule has 1 N–H and O–H groups in total. The zero-order valence-corrected chi connectivity index (χ0v) is 9.86. The largest absolute Gasteiger partial charge is 0.504 e. The van der Waals surface area contributed by atoms with E-state index in [4.69, 9.17) is 4.74 Å². The fourth-order valence-electron chi connectivity index (χ4n) is 2.10. The van der Waals surface area contributed by atoms with Crippen molar-refractivity contribution in [2.75, 3.05) is 7.11 Å². The second-order valence-electron chi connectivity index (χ2n) is 3.83. The molecule has 0 aliphatic heterocycles. The number of methoxy groups -OCH3 is 1. The van der Waals surface area contributed by atoms with Crippen LogP contribution in [0.2, 0.25) is 0 Å². The maximum absolute atomic E-state index is 11.1. The van der Waals surface area contributed by atoms with E-state index < -0.39 is 0 Å². The van der Waals surface area contributed by atoms with Crippen LogP contribution < -0.4 is 4.74 Å². The lowest BCUT2D eigenvalue weighted by Crippen LogP contribution is -1.93. The number of ether oxygens (including phenoxy) is 1. The van der Waals surface area contributed by atoms with E-state index in [2.05, 4.69) is 0 Å². The standard InChI is InChI=1S/C14H14O3/c1-3-9-5-4-6-11-13(9)10(8-15)7-12(17-2)14(11)16/h4-8,16H,3H2,1-2H3. The summed E-state index contributed by atoms with van der Waals surface area (Å²) in [6.07, 6.45) is 1.60. The molecule has 0 fully saturated rings. The lowest BCUT2D eigenvalue weighted by atomic mass is 9.97. The quantitative estimate of drug-likeness (QED) is 0.824. The first-order valence-electron chi connectivity index (χ1n) is 5.49. The fraction of sp³-hybridized carbons (Fsp3) is 0.214. The Balaban J connectivity index is 2.93. The Hall–Kier alpha value is -2.03. The van der Waals surface area contributed by atoms with Crippen LogP contribution in [0.15, 0.2) is 24.3 Å². The van der Waals surface area contributed by atoms with Crippen molar-refractivity contribution in [3.8, 4) is 11.5 Å². The predicted octanol–water partition coefficient (Wildman–Crippen LogP) is 2.93. The summed E-state index contributed by atoms with van der Waals surface area (Å²) in [6.45, 7) is 2.02. The van der Waals surface area contributed by atoms with E-state index >= 15 is 0 Å². The summed E-state index contributed by atoms with van der Waals surface area (Å²) < 4.78 is 5.06. The number of benzene rings is 2. The third-order valence-corrected chi connectivity index (χ3v) is 2.94. The van der Waals surface area contributed by atoms with Crippen molar-refractivity contribution in [3.05, 3.63) is 35.4 Å². The molecule has 3 heteroatoms. The fourth-order valence-corrected chi connectivity index (χ4v) is 2.10. The SMILES string of the molecule is CCc1cccc2c(O)c(OC)cc(C=O)c12. The number of phenols is 1. The van der Waals surface area contributed by atoms with Gasteiger partial charge in [-0.15, -0.1) is 0 Å². The van der Waals surface area contributed by atoms with Gasteiger partial charge in [0.05, 0.1) is 7.11 Å². The van der Waals surface area contributed by atoms with Crippen LogP contribution in [0.4, 0.5) is 0 Å². The van der Waals surface area contributed by atoms with Gasteiger partial charge in [0, 0.05) is 10.9 Å². The Morgan fingerprint density at radius 3 is 2.76 bits per heavy atom. The second kappa shape index (κ2) is 4.45. The number of carbonyl (C=O) groups excluding carboxylic acids is 1. The first kappa shape index (κ1) is 11.5. The van der Waals surface area contributed by atoms with Crippen molar-refractivity contribution in [1.82, 2.24) is 0 Å². The summed E-state index contributed by atoms with van der Waals surface area (Å²) in [5, 5.41) is 11.5. The maximum Gasteiger partial charge on any atom is 0.165 e. The van der Waals surface area contributed by atoms with Crippen molar-refractivity contribution in [1.29, 1.82) is 0 Å². The zero-order chi connectivity index (χ0) is 12.4. The topological polar surface area (TPSA) is 46.5 Å². The van der Waals surface area contributed by atoms with Crippen LogP contribution in [0, 0.1) is 0 Å². The van der Waals surface area contributed by atoms with Gasteiger partial charge in [0.1, 0.15) is 0 Å². The van der Waals surface area contributed by atoms with Crippen molar-refractivity contribution in [2.24, 2.45) is 0 Å². The Kier molecular flexibility index (Phi) is 3.00. The number of hydrogen-bond acceptors (Lipinski definition) is 3. The molecule has 0 radical (unpaired) electrons. The molecule has 0 atom stereocenters. The van der Waals surface area contributed by atoms with Crippen molar-refractivity contribution in [2.45, 2.75) is 13.3 Å². The third kappa shape index (κ3) is 1.73. The van der Waals surface area contributed by atoms with E-state index in [9.17, 15) is 9.90 Å². The van der Waals surface area contributed by atoms with E-state index in [1.165, 1.54) is 7.11 Å². The van der Waals surface area contributed by atoms with Gasteiger partial charge in [0.25, 0.3) is 0 Å². The minimum Gasteiger partial charge on any atom is -0.504 e. The molecule has 0 amide bonds. The van der Waals surface area contributed by atoms with Gasteiger partial charge in [0.2, 0.25) is 0 Å². The highest BCUT2D eigenvalue weighted by Gasteiger charge is 2.13. The van der Waals surface area contributed by atoms with Crippen molar-refractivity contribution >= 4 is 17.1 Å². The van der Waals surface area contributed by atoms with E-state index in [0.717, 1.165) is 23.7 Å². The lowest BCUT2D eigenvalue weighted by Gasteiger charge is -2.11. The molecule has 2 rings (SSSR count). The number of fused-ring (bicyclic) bond motifs is 1. The normalized spacial score (nSPS) is 10.5. The molecular formula is C14H14O3. The number of carbonyl (C=O) groups is 1. The zero-order valence-electron chi connectivity index (χ0n) is 9.86. The Labute approximate surface area is 99.6 Å². The van der Waals surface area contributed by atoms with Crippen LogP contribution in [0.1, 0.15) is 22.8 Å². The molecule has 0 spiro atoms. The molecule has 0 aliphatic rings. The van der Waals surface area contributed by atoms with Crippen LogP contribution in [0.3, 0.4) is 0 Å². The molecule has 88 valence electrons. The summed E-state index contributed by atoms with van der Waals surface area (Å²) in [7, 11) is 1.47. The van der Waals surface area contributed by atoms with Crippen molar-refractivity contribution < 1.29 is 14.6 Å². The lowest BCUT2D eigenvalue weighted by molar-refractivity contribution is 0.112. The summed E-state index contributed by atoms with van der Waals surface area (Å²) in [4.78, 5) is 11.1.